The van der Waals surface area contributed by atoms with Crippen LogP contribution < -0.4 is 0 Å². The molecule has 0 rings (SSSR count). The van der Waals surface area contributed by atoms with Gasteiger partial charge in [-0.2, -0.15) is 0 Å². The molecular weight excluding hydrogens is 765 g/mol. The van der Waals surface area contributed by atoms with E-state index in [1.165, 1.54) is 103 Å². The van der Waals surface area contributed by atoms with Gasteiger partial charge in [0.05, 0.1) is 6.61 Å². The number of hydrogen-bond donors (Lipinski definition) is 0. The van der Waals surface area contributed by atoms with Crippen molar-refractivity contribution in [3.8, 4) is 0 Å². The Kier molecular flexibility index (Phi) is 49.5. The first kappa shape index (κ1) is 58.8. The molecule has 0 N–H and O–H groups in total. The summed E-state index contributed by atoms with van der Waals surface area (Å²) in [7, 11) is 0. The fourth-order valence-electron chi connectivity index (χ4n) is 6.85. The SMILES string of the molecule is CC/C=C\C/C=C\C/C=C\C/C=C\C/C=C\CCCC(=O)OCC(COCCCCCCCCCC/C=C\C/C=C\C/C=C\CC)OC(=O)CCCCCCCCCCCCC. The summed E-state index contributed by atoms with van der Waals surface area (Å²) >= 11 is 0. The van der Waals surface area contributed by atoms with Crippen molar-refractivity contribution in [2.24, 2.45) is 0 Å². The normalized spacial score (nSPS) is 13.0. The van der Waals surface area contributed by atoms with E-state index in [1.54, 1.807) is 0 Å². The molecule has 5 heteroatoms. The van der Waals surface area contributed by atoms with Crippen LogP contribution in [0.25, 0.3) is 0 Å². The van der Waals surface area contributed by atoms with Crippen LogP contribution in [0.1, 0.15) is 226 Å². The Hall–Kier alpha value is -3.18. The summed E-state index contributed by atoms with van der Waals surface area (Å²) < 4.78 is 17.3. The van der Waals surface area contributed by atoms with Crippen LogP contribution >= 0.6 is 0 Å². The van der Waals surface area contributed by atoms with Gasteiger partial charge in [0.1, 0.15) is 6.61 Å². The second-order valence-electron chi connectivity index (χ2n) is 16.7. The zero-order chi connectivity index (χ0) is 44.9. The number of unbranched alkanes of at least 4 members (excludes halogenated alkanes) is 19. The van der Waals surface area contributed by atoms with Gasteiger partial charge in [-0.3, -0.25) is 9.59 Å². The largest absolute Gasteiger partial charge is 0.462 e. The Morgan fingerprint density at radius 1 is 0.371 bits per heavy atom. The van der Waals surface area contributed by atoms with Crippen LogP contribution in [-0.2, 0) is 23.8 Å². The minimum Gasteiger partial charge on any atom is -0.462 e. The van der Waals surface area contributed by atoms with Crippen molar-refractivity contribution < 1.29 is 23.8 Å². The molecule has 0 radical (unpaired) electrons. The number of carbonyl (C=O) groups is 2. The Balaban J connectivity index is 4.34. The van der Waals surface area contributed by atoms with Gasteiger partial charge in [0.2, 0.25) is 0 Å². The molecule has 62 heavy (non-hydrogen) atoms. The average molecular weight is 861 g/mol. The Bertz CT molecular complexity index is 1200. The summed E-state index contributed by atoms with van der Waals surface area (Å²) in [6, 6.07) is 0. The van der Waals surface area contributed by atoms with Crippen LogP contribution in [-0.4, -0.2) is 37.9 Å². The standard InChI is InChI=1S/C57H96O5/c1-4-7-10-13-16-19-22-24-26-28-30-32-34-37-40-43-46-49-52-60-53-55(62-57(59)51-48-45-42-39-35-21-18-15-12-9-6-3)54-61-56(58)50-47-44-41-38-36-33-31-29-27-25-23-20-17-14-11-8-5-2/h7-8,10-11,16-17,19-20,24-27,31,33,38,41,55H,4-6,9,12-15,18,21-23,28-30,32,34-37,39-40,42-54H2,1-3H3/b10-7-,11-8-,19-16-,20-17-,26-24-,27-25-,33-31-,41-38-. The van der Waals surface area contributed by atoms with Crippen LogP contribution in [0.15, 0.2) is 97.2 Å². The zero-order valence-electron chi connectivity index (χ0n) is 40.6. The highest BCUT2D eigenvalue weighted by Gasteiger charge is 2.17. The van der Waals surface area contributed by atoms with E-state index >= 15 is 0 Å². The predicted octanol–water partition coefficient (Wildman–Crippen LogP) is 17.5. The van der Waals surface area contributed by atoms with Crippen molar-refractivity contribution >= 4 is 11.9 Å². The fourth-order valence-corrected chi connectivity index (χ4v) is 6.85. The molecule has 0 aliphatic carbocycles. The van der Waals surface area contributed by atoms with Gasteiger partial charge in [-0.05, 0) is 89.9 Å². The summed E-state index contributed by atoms with van der Waals surface area (Å²) in [5.74, 6) is -0.470. The predicted molar refractivity (Wildman–Crippen MR) is 270 cm³/mol. The summed E-state index contributed by atoms with van der Waals surface area (Å²) in [6.45, 7) is 7.52. The van der Waals surface area contributed by atoms with Crippen LogP contribution in [0.2, 0.25) is 0 Å². The number of ether oxygens (including phenoxy) is 3. The molecule has 1 atom stereocenters. The first-order valence-corrected chi connectivity index (χ1v) is 25.8. The molecule has 0 aromatic rings. The third-order valence-corrected chi connectivity index (χ3v) is 10.6. The zero-order valence-corrected chi connectivity index (χ0v) is 40.6. The second-order valence-corrected chi connectivity index (χ2v) is 16.7. The van der Waals surface area contributed by atoms with E-state index in [-0.39, 0.29) is 25.2 Å². The summed E-state index contributed by atoms with van der Waals surface area (Å²) in [5.41, 5.74) is 0. The van der Waals surface area contributed by atoms with E-state index in [0.717, 1.165) is 89.9 Å². The maximum absolute atomic E-state index is 12.8. The molecule has 0 aromatic carbocycles. The van der Waals surface area contributed by atoms with Crippen molar-refractivity contribution in [1.82, 2.24) is 0 Å². The van der Waals surface area contributed by atoms with Crippen molar-refractivity contribution in [1.29, 1.82) is 0 Å². The van der Waals surface area contributed by atoms with E-state index in [4.69, 9.17) is 14.2 Å². The summed E-state index contributed by atoms with van der Waals surface area (Å²) in [6.07, 6.45) is 69.9. The quantitative estimate of drug-likeness (QED) is 0.0347. The molecule has 1 unspecified atom stereocenters. The minimum atomic E-state index is -0.565. The summed E-state index contributed by atoms with van der Waals surface area (Å²) in [4.78, 5) is 25.3. The highest BCUT2D eigenvalue weighted by atomic mass is 16.6. The smallest absolute Gasteiger partial charge is 0.306 e. The monoisotopic (exact) mass is 861 g/mol. The van der Waals surface area contributed by atoms with Gasteiger partial charge in [0.15, 0.2) is 6.10 Å². The third-order valence-electron chi connectivity index (χ3n) is 10.6. The molecule has 0 heterocycles. The van der Waals surface area contributed by atoms with E-state index in [1.807, 2.05) is 0 Å². The highest BCUT2D eigenvalue weighted by molar-refractivity contribution is 5.70. The first-order chi connectivity index (χ1) is 30.6. The van der Waals surface area contributed by atoms with E-state index in [2.05, 4.69) is 118 Å². The number of esters is 2. The second kappa shape index (κ2) is 52.2. The van der Waals surface area contributed by atoms with Gasteiger partial charge in [-0.1, -0.05) is 221 Å². The lowest BCUT2D eigenvalue weighted by Crippen LogP contribution is -2.30. The molecule has 0 spiro atoms. The first-order valence-electron chi connectivity index (χ1n) is 25.8. The molecule has 5 nitrogen and oxygen atoms in total. The number of allylic oxidation sites excluding steroid dienone is 16. The molecule has 0 bridgehead atoms. The van der Waals surface area contributed by atoms with Gasteiger partial charge in [0, 0.05) is 19.4 Å². The molecule has 0 saturated heterocycles. The minimum absolute atomic E-state index is 0.0499. The molecule has 0 aliphatic heterocycles. The third kappa shape index (κ3) is 49.5. The molecule has 0 amide bonds. The summed E-state index contributed by atoms with van der Waals surface area (Å²) in [5, 5.41) is 0. The highest BCUT2D eigenvalue weighted by Crippen LogP contribution is 2.14. The van der Waals surface area contributed by atoms with E-state index in [0.29, 0.717) is 19.4 Å². The average Bonchev–Trinajstić information content (AvgIpc) is 3.27. The number of hydrogen-bond acceptors (Lipinski definition) is 5. The van der Waals surface area contributed by atoms with Gasteiger partial charge < -0.3 is 14.2 Å². The Morgan fingerprint density at radius 2 is 0.742 bits per heavy atom. The molecule has 0 fully saturated rings. The Morgan fingerprint density at radius 3 is 1.21 bits per heavy atom. The lowest BCUT2D eigenvalue weighted by molar-refractivity contribution is -0.163. The van der Waals surface area contributed by atoms with Crippen LogP contribution in [0.3, 0.4) is 0 Å². The maximum Gasteiger partial charge on any atom is 0.306 e. The van der Waals surface area contributed by atoms with Gasteiger partial charge >= 0.3 is 11.9 Å². The molecule has 0 aliphatic rings. The lowest BCUT2D eigenvalue weighted by atomic mass is 10.1. The number of carbonyl (C=O) groups excluding carboxylic acids is 2. The van der Waals surface area contributed by atoms with Gasteiger partial charge in [-0.25, -0.2) is 0 Å². The fraction of sp³-hybridized carbons (Fsp3) is 0.684. The topological polar surface area (TPSA) is 61.8 Å². The molecular formula is C57H96O5. The van der Waals surface area contributed by atoms with Crippen molar-refractivity contribution in [2.45, 2.75) is 232 Å². The van der Waals surface area contributed by atoms with Gasteiger partial charge in [-0.15, -0.1) is 0 Å². The number of rotatable bonds is 46. The van der Waals surface area contributed by atoms with Gasteiger partial charge in [0.25, 0.3) is 0 Å². The van der Waals surface area contributed by atoms with Crippen LogP contribution in [0, 0.1) is 0 Å². The van der Waals surface area contributed by atoms with Crippen molar-refractivity contribution in [3.05, 3.63) is 97.2 Å². The van der Waals surface area contributed by atoms with E-state index < -0.39 is 6.10 Å². The maximum atomic E-state index is 12.8. The van der Waals surface area contributed by atoms with Crippen LogP contribution in [0.4, 0.5) is 0 Å². The van der Waals surface area contributed by atoms with E-state index in [9.17, 15) is 9.59 Å². The molecule has 354 valence electrons. The lowest BCUT2D eigenvalue weighted by Gasteiger charge is -2.18. The Labute approximate surface area is 383 Å². The molecule has 0 saturated carbocycles. The van der Waals surface area contributed by atoms with Crippen molar-refractivity contribution in [2.75, 3.05) is 19.8 Å². The van der Waals surface area contributed by atoms with Crippen molar-refractivity contribution in [3.63, 3.8) is 0 Å². The molecule has 0 aromatic heterocycles. The van der Waals surface area contributed by atoms with Crippen LogP contribution in [0.5, 0.6) is 0 Å².